The minimum Gasteiger partial charge on any atom is -0.369 e. The van der Waals surface area contributed by atoms with Gasteiger partial charge in [0.15, 0.2) is 0 Å². The zero-order valence-corrected chi connectivity index (χ0v) is 18.7. The number of anilines is 1. The van der Waals surface area contributed by atoms with Crippen LogP contribution in [0, 0.1) is 5.92 Å². The van der Waals surface area contributed by atoms with Crippen molar-refractivity contribution < 1.29 is 18.0 Å². The van der Waals surface area contributed by atoms with Crippen molar-refractivity contribution in [1.82, 2.24) is 10.2 Å². The van der Waals surface area contributed by atoms with Gasteiger partial charge in [0.05, 0.1) is 5.56 Å². The molecule has 2 fully saturated rings. The highest BCUT2D eigenvalue weighted by molar-refractivity contribution is 5.93. The standard InChI is InChI=1S/C25H34F3N3O/c26-25(27,28)21-6-3-7-23(18-21)31-16-14-30(15-17-31)13-12-19-8-10-22(11-9-19)29-24(32)20-4-1-2-5-20/h3-4,6-7,18-19,22H,1-2,5,8-17H2,(H,29,32)/t19-,22-. The summed E-state index contributed by atoms with van der Waals surface area (Å²) in [6.07, 6.45) is 6.44. The van der Waals surface area contributed by atoms with E-state index in [1.54, 1.807) is 6.07 Å². The monoisotopic (exact) mass is 449 g/mol. The smallest absolute Gasteiger partial charge is 0.369 e. The Kier molecular flexibility index (Phi) is 7.44. The van der Waals surface area contributed by atoms with Crippen molar-refractivity contribution >= 4 is 11.6 Å². The number of carbonyl (C=O) groups excluding carboxylic acids is 1. The fourth-order valence-corrected chi connectivity index (χ4v) is 5.22. The SMILES string of the molecule is O=C(N[C@H]1CC[C@H](CCN2CCN(c3cccc(C(F)(F)F)c3)CC2)CC1)C1=CCCC1. The van der Waals surface area contributed by atoms with Crippen LogP contribution in [-0.4, -0.2) is 49.6 Å². The zero-order valence-electron chi connectivity index (χ0n) is 18.7. The minimum atomic E-state index is -4.30. The molecule has 0 bridgehead atoms. The zero-order chi connectivity index (χ0) is 22.6. The molecule has 1 amide bonds. The second kappa shape index (κ2) is 10.3. The van der Waals surface area contributed by atoms with Gasteiger partial charge in [-0.2, -0.15) is 13.2 Å². The maximum Gasteiger partial charge on any atom is 0.416 e. The Morgan fingerprint density at radius 1 is 1.06 bits per heavy atom. The molecule has 4 rings (SSSR count). The highest BCUT2D eigenvalue weighted by atomic mass is 19.4. The molecule has 176 valence electrons. The lowest BCUT2D eigenvalue weighted by molar-refractivity contribution is -0.137. The molecule has 1 aromatic carbocycles. The van der Waals surface area contributed by atoms with Crippen molar-refractivity contribution in [3.05, 3.63) is 41.5 Å². The quantitative estimate of drug-likeness (QED) is 0.664. The van der Waals surface area contributed by atoms with Gasteiger partial charge < -0.3 is 10.2 Å². The summed E-state index contributed by atoms with van der Waals surface area (Å²) in [6, 6.07) is 5.97. The number of hydrogen-bond acceptors (Lipinski definition) is 3. The summed E-state index contributed by atoms with van der Waals surface area (Å²) in [5, 5.41) is 3.23. The maximum atomic E-state index is 13.0. The molecule has 1 aliphatic heterocycles. The van der Waals surface area contributed by atoms with Gasteiger partial charge in [-0.15, -0.1) is 0 Å². The van der Waals surface area contributed by atoms with Gasteiger partial charge in [0.2, 0.25) is 5.91 Å². The van der Waals surface area contributed by atoms with Crippen LogP contribution >= 0.6 is 0 Å². The number of benzene rings is 1. The number of carbonyl (C=O) groups is 1. The first-order chi connectivity index (χ1) is 15.4. The van der Waals surface area contributed by atoms with E-state index in [2.05, 4.69) is 21.2 Å². The lowest BCUT2D eigenvalue weighted by Gasteiger charge is -2.37. The number of amides is 1. The third-order valence-corrected chi connectivity index (χ3v) is 7.28. The fourth-order valence-electron chi connectivity index (χ4n) is 5.22. The second-order valence-electron chi connectivity index (χ2n) is 9.48. The molecule has 0 aromatic heterocycles. The van der Waals surface area contributed by atoms with E-state index in [9.17, 15) is 18.0 Å². The molecule has 0 atom stereocenters. The molecule has 0 radical (unpaired) electrons. The average molecular weight is 450 g/mol. The minimum absolute atomic E-state index is 0.143. The van der Waals surface area contributed by atoms with Crippen molar-refractivity contribution in [3.63, 3.8) is 0 Å². The first-order valence-electron chi connectivity index (χ1n) is 12.0. The van der Waals surface area contributed by atoms with Crippen LogP contribution in [0.5, 0.6) is 0 Å². The van der Waals surface area contributed by atoms with Gasteiger partial charge in [0, 0.05) is 43.5 Å². The second-order valence-corrected chi connectivity index (χ2v) is 9.48. The van der Waals surface area contributed by atoms with Crippen molar-refractivity contribution in [2.24, 2.45) is 5.92 Å². The number of rotatable bonds is 6. The summed E-state index contributed by atoms with van der Waals surface area (Å²) < 4.78 is 38.9. The molecule has 4 nitrogen and oxygen atoms in total. The van der Waals surface area contributed by atoms with E-state index in [0.717, 1.165) is 95.7 Å². The van der Waals surface area contributed by atoms with Crippen LogP contribution in [-0.2, 0) is 11.0 Å². The molecule has 1 N–H and O–H groups in total. The molecule has 1 saturated carbocycles. The fraction of sp³-hybridized carbons (Fsp3) is 0.640. The van der Waals surface area contributed by atoms with Crippen LogP contribution < -0.4 is 10.2 Å². The number of halogens is 3. The van der Waals surface area contributed by atoms with Crippen LogP contribution in [0.1, 0.15) is 56.9 Å². The molecular formula is C25H34F3N3O. The molecular weight excluding hydrogens is 415 g/mol. The van der Waals surface area contributed by atoms with E-state index < -0.39 is 11.7 Å². The van der Waals surface area contributed by atoms with Crippen molar-refractivity contribution in [2.75, 3.05) is 37.6 Å². The Morgan fingerprint density at radius 2 is 1.81 bits per heavy atom. The van der Waals surface area contributed by atoms with Gasteiger partial charge in [-0.05, 0) is 82.0 Å². The van der Waals surface area contributed by atoms with Crippen LogP contribution in [0.15, 0.2) is 35.9 Å². The molecule has 0 unspecified atom stereocenters. The predicted molar refractivity (Wildman–Crippen MR) is 121 cm³/mol. The van der Waals surface area contributed by atoms with E-state index in [1.807, 2.05) is 0 Å². The summed E-state index contributed by atoms with van der Waals surface area (Å²) in [4.78, 5) is 16.8. The Labute approximate surface area is 188 Å². The summed E-state index contributed by atoms with van der Waals surface area (Å²) >= 11 is 0. The topological polar surface area (TPSA) is 35.6 Å². The average Bonchev–Trinajstić information content (AvgIpc) is 3.34. The number of piperazine rings is 1. The van der Waals surface area contributed by atoms with E-state index in [1.165, 1.54) is 12.1 Å². The van der Waals surface area contributed by atoms with Gasteiger partial charge in [0.25, 0.3) is 0 Å². The number of nitrogens with one attached hydrogen (secondary N) is 1. The van der Waals surface area contributed by atoms with Crippen LogP contribution in [0.25, 0.3) is 0 Å². The molecule has 1 aromatic rings. The number of nitrogens with zero attached hydrogens (tertiary/aromatic N) is 2. The van der Waals surface area contributed by atoms with Gasteiger partial charge in [-0.25, -0.2) is 0 Å². The van der Waals surface area contributed by atoms with Crippen LogP contribution in [0.2, 0.25) is 0 Å². The molecule has 32 heavy (non-hydrogen) atoms. The third-order valence-electron chi connectivity index (χ3n) is 7.28. The van der Waals surface area contributed by atoms with Gasteiger partial charge >= 0.3 is 6.18 Å². The molecule has 0 spiro atoms. The van der Waals surface area contributed by atoms with Crippen molar-refractivity contribution in [3.8, 4) is 0 Å². The predicted octanol–water partition coefficient (Wildman–Crippen LogP) is 5.00. The van der Waals surface area contributed by atoms with Gasteiger partial charge in [-0.1, -0.05) is 12.1 Å². The number of alkyl halides is 3. The molecule has 1 saturated heterocycles. The largest absolute Gasteiger partial charge is 0.416 e. The third kappa shape index (κ3) is 6.06. The van der Waals surface area contributed by atoms with Crippen molar-refractivity contribution in [2.45, 2.75) is 63.6 Å². The molecule has 2 aliphatic carbocycles. The lowest BCUT2D eigenvalue weighted by atomic mass is 9.84. The van der Waals surface area contributed by atoms with Crippen LogP contribution in [0.4, 0.5) is 18.9 Å². The number of allylic oxidation sites excluding steroid dienone is 1. The van der Waals surface area contributed by atoms with Crippen molar-refractivity contribution in [1.29, 1.82) is 0 Å². The Bertz CT molecular complexity index is 807. The highest BCUT2D eigenvalue weighted by Crippen LogP contribution is 2.32. The highest BCUT2D eigenvalue weighted by Gasteiger charge is 2.31. The molecule has 7 heteroatoms. The number of hydrogen-bond donors (Lipinski definition) is 1. The first kappa shape index (κ1) is 23.1. The summed E-state index contributed by atoms with van der Waals surface area (Å²) in [7, 11) is 0. The van der Waals surface area contributed by atoms with E-state index in [-0.39, 0.29) is 5.91 Å². The Balaban J connectivity index is 1.15. The summed E-state index contributed by atoms with van der Waals surface area (Å²) in [5.74, 6) is 0.847. The van der Waals surface area contributed by atoms with Gasteiger partial charge in [0.1, 0.15) is 0 Å². The first-order valence-corrected chi connectivity index (χ1v) is 12.0. The van der Waals surface area contributed by atoms with E-state index in [4.69, 9.17) is 0 Å². The molecule has 1 heterocycles. The molecule has 3 aliphatic rings. The Morgan fingerprint density at radius 3 is 2.47 bits per heavy atom. The Hall–Kier alpha value is -2.02. The summed E-state index contributed by atoms with van der Waals surface area (Å²) in [6.45, 7) is 4.34. The maximum absolute atomic E-state index is 13.0. The van der Waals surface area contributed by atoms with Crippen LogP contribution in [0.3, 0.4) is 0 Å². The summed E-state index contributed by atoms with van der Waals surface area (Å²) in [5.41, 5.74) is 1.05. The lowest BCUT2D eigenvalue weighted by Crippen LogP contribution is -2.47. The van der Waals surface area contributed by atoms with Gasteiger partial charge in [-0.3, -0.25) is 9.69 Å². The normalized spacial score (nSPS) is 25.0. The van der Waals surface area contributed by atoms with E-state index in [0.29, 0.717) is 17.6 Å². The van der Waals surface area contributed by atoms with E-state index >= 15 is 0 Å².